The van der Waals surface area contributed by atoms with Crippen LogP contribution < -0.4 is 9.64 Å². The van der Waals surface area contributed by atoms with E-state index in [1.54, 1.807) is 24.3 Å². The van der Waals surface area contributed by atoms with Crippen molar-refractivity contribution < 1.29 is 19.1 Å². The van der Waals surface area contributed by atoms with Gasteiger partial charge in [-0.1, -0.05) is 36.4 Å². The number of benzene rings is 2. The Kier molecular flexibility index (Phi) is 3.11. The maximum atomic E-state index is 13.3. The van der Waals surface area contributed by atoms with Gasteiger partial charge in [-0.05, 0) is 23.3 Å². The minimum absolute atomic E-state index is 0.0676. The second kappa shape index (κ2) is 5.27. The molecule has 26 heavy (non-hydrogen) atoms. The van der Waals surface area contributed by atoms with E-state index >= 15 is 0 Å². The Morgan fingerprint density at radius 2 is 1.54 bits per heavy atom. The van der Waals surface area contributed by atoms with E-state index < -0.39 is 17.8 Å². The van der Waals surface area contributed by atoms with Crippen LogP contribution in [0.15, 0.2) is 48.5 Å². The summed E-state index contributed by atoms with van der Waals surface area (Å²) in [4.78, 5) is 40.4. The zero-order valence-electron chi connectivity index (χ0n) is 14.2. The Morgan fingerprint density at radius 1 is 0.885 bits per heavy atom. The molecule has 130 valence electrons. The summed E-state index contributed by atoms with van der Waals surface area (Å²) in [6.07, 6.45) is 0.335. The maximum absolute atomic E-state index is 13.3. The molecule has 4 aliphatic rings. The number of hydrogen-bond acceptors (Lipinski definition) is 4. The van der Waals surface area contributed by atoms with Crippen molar-refractivity contribution in [2.75, 3.05) is 12.0 Å². The highest BCUT2D eigenvalue weighted by atomic mass is 16.5. The predicted octanol–water partition coefficient (Wildman–Crippen LogP) is 2.65. The van der Waals surface area contributed by atoms with Crippen LogP contribution in [-0.4, -0.2) is 24.7 Å². The van der Waals surface area contributed by atoms with Crippen molar-refractivity contribution in [1.82, 2.24) is 0 Å². The molecule has 0 radical (unpaired) electrons. The van der Waals surface area contributed by atoms with Gasteiger partial charge in [-0.3, -0.25) is 14.4 Å². The van der Waals surface area contributed by atoms with Gasteiger partial charge in [-0.2, -0.15) is 0 Å². The predicted molar refractivity (Wildman–Crippen MR) is 94.0 cm³/mol. The molecule has 1 saturated carbocycles. The summed E-state index contributed by atoms with van der Waals surface area (Å²) in [5.74, 6) is -1.77. The molecule has 2 bridgehead atoms. The molecule has 2 fully saturated rings. The Labute approximate surface area is 150 Å². The molecular formula is C21H17NO4. The first kappa shape index (κ1) is 15.3. The molecule has 2 amide bonds. The molecule has 0 spiro atoms. The molecule has 0 unspecified atom stereocenters. The molecule has 1 heterocycles. The number of amides is 2. The number of ether oxygens (including phenoxy) is 1. The number of rotatable bonds is 2. The number of ketones is 1. The molecule has 1 aliphatic heterocycles. The fourth-order valence-electron chi connectivity index (χ4n) is 5.01. The van der Waals surface area contributed by atoms with E-state index in [4.69, 9.17) is 4.74 Å². The van der Waals surface area contributed by atoms with Gasteiger partial charge in [-0.15, -0.1) is 0 Å². The van der Waals surface area contributed by atoms with Gasteiger partial charge < -0.3 is 4.74 Å². The van der Waals surface area contributed by atoms with E-state index in [9.17, 15) is 14.4 Å². The molecule has 3 aliphatic carbocycles. The van der Waals surface area contributed by atoms with E-state index in [0.717, 1.165) is 11.1 Å². The van der Waals surface area contributed by atoms with E-state index in [-0.39, 0.29) is 23.5 Å². The van der Waals surface area contributed by atoms with Gasteiger partial charge in [0.15, 0.2) is 0 Å². The average Bonchev–Trinajstić information content (AvgIpc) is 2.93. The molecule has 0 N–H and O–H groups in total. The quantitative estimate of drug-likeness (QED) is 0.784. The van der Waals surface area contributed by atoms with Crippen LogP contribution in [0, 0.1) is 11.8 Å². The van der Waals surface area contributed by atoms with Crippen molar-refractivity contribution in [2.45, 2.75) is 18.3 Å². The molecule has 1 saturated heterocycles. The summed E-state index contributed by atoms with van der Waals surface area (Å²) in [5, 5.41) is 0. The molecule has 5 heteroatoms. The largest absolute Gasteiger partial charge is 0.495 e. The van der Waals surface area contributed by atoms with Crippen LogP contribution in [0.25, 0.3) is 0 Å². The minimum atomic E-state index is -0.603. The van der Waals surface area contributed by atoms with E-state index in [1.807, 2.05) is 24.3 Å². The molecule has 2 aromatic carbocycles. The normalized spacial score (nSPS) is 29.0. The first-order valence-electron chi connectivity index (χ1n) is 8.76. The van der Waals surface area contributed by atoms with Crippen LogP contribution in [0.5, 0.6) is 5.75 Å². The first-order valence-corrected chi connectivity index (χ1v) is 8.76. The third-order valence-electron chi connectivity index (χ3n) is 6.02. The lowest BCUT2D eigenvalue weighted by Crippen LogP contribution is -2.44. The Bertz CT molecular complexity index is 966. The standard InChI is InChI=1S/C21H17NO4/c1-26-16-9-5-4-8-14(16)22-20(24)18-13-10-15(23)17(19(18)21(22)25)12-7-3-2-6-11(12)13/h2-9,13,17-19H,10H2,1H3/t13-,17-,18+,19-/m0/s1. The van der Waals surface area contributed by atoms with Gasteiger partial charge >= 0.3 is 0 Å². The van der Waals surface area contributed by atoms with E-state index in [2.05, 4.69) is 0 Å². The fraction of sp³-hybridized carbons (Fsp3) is 0.286. The highest BCUT2D eigenvalue weighted by Gasteiger charge is 2.62. The van der Waals surface area contributed by atoms with Crippen LogP contribution in [0.3, 0.4) is 0 Å². The van der Waals surface area contributed by atoms with Gasteiger partial charge in [0.1, 0.15) is 11.5 Å². The van der Waals surface area contributed by atoms with Gasteiger partial charge in [0.05, 0.1) is 30.6 Å². The van der Waals surface area contributed by atoms with Crippen LogP contribution in [0.1, 0.15) is 29.4 Å². The lowest BCUT2D eigenvalue weighted by atomic mass is 9.56. The van der Waals surface area contributed by atoms with Gasteiger partial charge in [0, 0.05) is 12.3 Å². The van der Waals surface area contributed by atoms with Crippen LogP contribution in [0.4, 0.5) is 5.69 Å². The molecule has 2 aromatic rings. The zero-order chi connectivity index (χ0) is 18.0. The molecule has 5 nitrogen and oxygen atoms in total. The smallest absolute Gasteiger partial charge is 0.238 e. The SMILES string of the molecule is COc1ccccc1N1C(=O)[C@@H]2[C@H](C1=O)[C@H]1CC(=O)[C@@H]2c2ccccc21. The summed E-state index contributed by atoms with van der Waals surface area (Å²) in [6, 6.07) is 14.7. The lowest BCUT2D eigenvalue weighted by Gasteiger charge is -2.43. The second-order valence-electron chi connectivity index (χ2n) is 7.12. The summed E-state index contributed by atoms with van der Waals surface area (Å²) in [5.41, 5.74) is 2.41. The first-order chi connectivity index (χ1) is 12.6. The minimum Gasteiger partial charge on any atom is -0.495 e. The second-order valence-corrected chi connectivity index (χ2v) is 7.12. The topological polar surface area (TPSA) is 63.7 Å². The lowest BCUT2D eigenvalue weighted by molar-refractivity contribution is -0.134. The summed E-state index contributed by atoms with van der Waals surface area (Å²) >= 11 is 0. The van der Waals surface area contributed by atoms with Gasteiger partial charge in [0.25, 0.3) is 0 Å². The van der Waals surface area contributed by atoms with Crippen molar-refractivity contribution in [3.8, 4) is 5.75 Å². The summed E-state index contributed by atoms with van der Waals surface area (Å²) in [6.45, 7) is 0. The zero-order valence-corrected chi connectivity index (χ0v) is 14.2. The number of fused-ring (bicyclic) bond motifs is 1. The van der Waals surface area contributed by atoms with Crippen molar-refractivity contribution in [3.63, 3.8) is 0 Å². The third-order valence-corrected chi connectivity index (χ3v) is 6.02. The Hall–Kier alpha value is -2.95. The van der Waals surface area contributed by atoms with Crippen LogP contribution >= 0.6 is 0 Å². The molecule has 0 aromatic heterocycles. The molecular weight excluding hydrogens is 330 g/mol. The molecule has 4 atom stereocenters. The number of nitrogens with zero attached hydrogens (tertiary/aromatic N) is 1. The fourth-order valence-corrected chi connectivity index (χ4v) is 5.01. The monoisotopic (exact) mass is 347 g/mol. The van der Waals surface area contributed by atoms with E-state index in [0.29, 0.717) is 17.9 Å². The van der Waals surface area contributed by atoms with E-state index in [1.165, 1.54) is 12.0 Å². The number of para-hydroxylation sites is 2. The maximum Gasteiger partial charge on any atom is 0.238 e. The number of carbonyl (C=O) groups is 3. The van der Waals surface area contributed by atoms with Crippen LogP contribution in [0.2, 0.25) is 0 Å². The van der Waals surface area contributed by atoms with Crippen molar-refractivity contribution >= 4 is 23.3 Å². The van der Waals surface area contributed by atoms with Crippen LogP contribution in [-0.2, 0) is 14.4 Å². The molecule has 6 rings (SSSR count). The van der Waals surface area contributed by atoms with Crippen molar-refractivity contribution in [3.05, 3.63) is 59.7 Å². The summed E-state index contributed by atoms with van der Waals surface area (Å²) < 4.78 is 5.35. The van der Waals surface area contributed by atoms with Gasteiger partial charge in [0.2, 0.25) is 11.8 Å². The third kappa shape index (κ3) is 1.77. The number of anilines is 1. The average molecular weight is 347 g/mol. The highest BCUT2D eigenvalue weighted by molar-refractivity contribution is 6.25. The van der Waals surface area contributed by atoms with Crippen molar-refractivity contribution in [1.29, 1.82) is 0 Å². The van der Waals surface area contributed by atoms with Crippen molar-refractivity contribution in [2.24, 2.45) is 11.8 Å². The number of imide groups is 1. The summed E-state index contributed by atoms with van der Waals surface area (Å²) in [7, 11) is 1.51. The Balaban J connectivity index is 1.67. The highest BCUT2D eigenvalue weighted by Crippen LogP contribution is 2.58. The number of methoxy groups -OCH3 is 1. The van der Waals surface area contributed by atoms with Gasteiger partial charge in [-0.25, -0.2) is 4.90 Å². The number of hydrogen-bond donors (Lipinski definition) is 0. The Morgan fingerprint density at radius 3 is 2.31 bits per heavy atom. The number of Topliss-reactive ketones (excluding diaryl/α,β-unsaturated/α-hetero) is 1. The number of carbonyl (C=O) groups excluding carboxylic acids is 3.